The van der Waals surface area contributed by atoms with Crippen molar-refractivity contribution < 1.29 is 4.74 Å². The van der Waals surface area contributed by atoms with Crippen LogP contribution in [0.2, 0.25) is 0 Å². The molecule has 1 aromatic carbocycles. The maximum Gasteiger partial charge on any atom is 0.239 e. The zero-order valence-corrected chi connectivity index (χ0v) is 12.3. The molecule has 0 amide bonds. The molecule has 0 unspecified atom stereocenters. The van der Waals surface area contributed by atoms with Crippen LogP contribution in [0.3, 0.4) is 0 Å². The number of aromatic nitrogens is 2. The molecule has 1 aliphatic rings. The second-order valence-electron chi connectivity index (χ2n) is 4.42. The van der Waals surface area contributed by atoms with Crippen molar-refractivity contribution in [2.45, 2.75) is 13.0 Å². The third-order valence-corrected chi connectivity index (χ3v) is 3.53. The molecule has 4 N–H and O–H groups in total. The molecule has 0 atom stereocenters. The van der Waals surface area contributed by atoms with Crippen molar-refractivity contribution in [1.29, 1.82) is 0 Å². The Labute approximate surface area is 124 Å². The topological polar surface area (TPSA) is 85.1 Å². The molecule has 20 heavy (non-hydrogen) atoms. The minimum Gasteiger partial charge on any atom is -0.493 e. The van der Waals surface area contributed by atoms with Crippen LogP contribution in [-0.2, 0) is 13.0 Å². The van der Waals surface area contributed by atoms with E-state index in [2.05, 4.69) is 48.8 Å². The van der Waals surface area contributed by atoms with Crippen molar-refractivity contribution in [3.05, 3.63) is 40.0 Å². The van der Waals surface area contributed by atoms with Crippen molar-refractivity contribution in [1.82, 2.24) is 9.97 Å². The Morgan fingerprint density at radius 3 is 3.15 bits per heavy atom. The third kappa shape index (κ3) is 2.68. The zero-order chi connectivity index (χ0) is 13.9. The van der Waals surface area contributed by atoms with E-state index in [9.17, 15) is 0 Å². The van der Waals surface area contributed by atoms with E-state index in [0.29, 0.717) is 18.3 Å². The largest absolute Gasteiger partial charge is 0.493 e. The fraction of sp³-hybridized carbons (Fsp3) is 0.231. The second kappa shape index (κ2) is 5.64. The van der Waals surface area contributed by atoms with Gasteiger partial charge in [-0.05, 0) is 23.8 Å². The SMILES string of the molecule is NNc1nccc(NCc2cc(Br)cc3c2OCC3)n1. The van der Waals surface area contributed by atoms with E-state index in [1.807, 2.05) is 0 Å². The quantitative estimate of drug-likeness (QED) is 0.585. The molecular formula is C13H14BrN5O. The number of nitrogens with zero attached hydrogens (tertiary/aromatic N) is 2. The van der Waals surface area contributed by atoms with Crippen molar-refractivity contribution in [2.24, 2.45) is 5.84 Å². The van der Waals surface area contributed by atoms with Crippen LogP contribution < -0.4 is 21.3 Å². The van der Waals surface area contributed by atoms with E-state index < -0.39 is 0 Å². The van der Waals surface area contributed by atoms with Gasteiger partial charge in [0.05, 0.1) is 6.61 Å². The lowest BCUT2D eigenvalue weighted by atomic mass is 10.1. The average Bonchev–Trinajstić information content (AvgIpc) is 2.93. The van der Waals surface area contributed by atoms with Crippen molar-refractivity contribution in [3.8, 4) is 5.75 Å². The lowest BCUT2D eigenvalue weighted by Gasteiger charge is -2.11. The summed E-state index contributed by atoms with van der Waals surface area (Å²) in [5, 5.41) is 3.25. The van der Waals surface area contributed by atoms with Gasteiger partial charge in [0, 0.05) is 29.2 Å². The van der Waals surface area contributed by atoms with Crippen LogP contribution in [0.15, 0.2) is 28.9 Å². The van der Waals surface area contributed by atoms with E-state index in [1.54, 1.807) is 12.3 Å². The van der Waals surface area contributed by atoms with Crippen LogP contribution in [0.4, 0.5) is 11.8 Å². The number of halogens is 1. The summed E-state index contributed by atoms with van der Waals surface area (Å²) in [5.41, 5.74) is 4.77. The fourth-order valence-corrected chi connectivity index (χ4v) is 2.74. The molecule has 6 nitrogen and oxygen atoms in total. The van der Waals surface area contributed by atoms with E-state index in [-0.39, 0.29) is 0 Å². The summed E-state index contributed by atoms with van der Waals surface area (Å²) >= 11 is 3.53. The first-order valence-corrected chi connectivity index (χ1v) is 7.03. The molecule has 0 radical (unpaired) electrons. The van der Waals surface area contributed by atoms with Crippen LogP contribution in [-0.4, -0.2) is 16.6 Å². The maximum atomic E-state index is 5.69. The first kappa shape index (κ1) is 13.1. The lowest BCUT2D eigenvalue weighted by molar-refractivity contribution is 0.354. The first-order valence-electron chi connectivity index (χ1n) is 6.24. The van der Waals surface area contributed by atoms with E-state index in [0.717, 1.165) is 28.8 Å². The highest BCUT2D eigenvalue weighted by atomic mass is 79.9. The molecular weight excluding hydrogens is 322 g/mol. The Bertz CT molecular complexity index is 634. The summed E-state index contributed by atoms with van der Waals surface area (Å²) in [6.07, 6.45) is 2.60. The number of nitrogens with two attached hydrogens (primary N) is 1. The molecule has 3 rings (SSSR count). The van der Waals surface area contributed by atoms with Gasteiger partial charge in [-0.15, -0.1) is 0 Å². The van der Waals surface area contributed by atoms with Gasteiger partial charge >= 0.3 is 0 Å². The minimum atomic E-state index is 0.380. The average molecular weight is 336 g/mol. The van der Waals surface area contributed by atoms with E-state index in [1.165, 1.54) is 5.56 Å². The summed E-state index contributed by atoms with van der Waals surface area (Å²) in [6.45, 7) is 1.37. The van der Waals surface area contributed by atoms with Crippen molar-refractivity contribution >= 4 is 27.7 Å². The van der Waals surface area contributed by atoms with E-state index >= 15 is 0 Å². The standard InChI is InChI=1S/C13H14BrN5O/c14-10-5-8-2-4-20-12(8)9(6-10)7-17-11-1-3-16-13(18-11)19-15/h1,3,5-6H,2,4,7,15H2,(H2,16,17,18,19). The Morgan fingerprint density at radius 2 is 2.30 bits per heavy atom. The van der Waals surface area contributed by atoms with Gasteiger partial charge in [0.25, 0.3) is 0 Å². The molecule has 104 valence electrons. The summed E-state index contributed by atoms with van der Waals surface area (Å²) in [7, 11) is 0. The Morgan fingerprint density at radius 1 is 1.40 bits per heavy atom. The van der Waals surface area contributed by atoms with Gasteiger partial charge in [0.15, 0.2) is 0 Å². The maximum absolute atomic E-state index is 5.69. The van der Waals surface area contributed by atoms with Crippen LogP contribution in [0, 0.1) is 0 Å². The molecule has 0 spiro atoms. The fourth-order valence-electron chi connectivity index (χ4n) is 2.19. The Balaban J connectivity index is 1.78. The number of nitrogens with one attached hydrogen (secondary N) is 2. The number of hydrogen-bond donors (Lipinski definition) is 3. The van der Waals surface area contributed by atoms with Gasteiger partial charge in [0.2, 0.25) is 5.95 Å². The monoisotopic (exact) mass is 335 g/mol. The summed E-state index contributed by atoms with van der Waals surface area (Å²) in [6, 6.07) is 5.95. The molecule has 0 aliphatic carbocycles. The Kier molecular flexibility index (Phi) is 3.70. The minimum absolute atomic E-state index is 0.380. The molecule has 1 aromatic heterocycles. The highest BCUT2D eigenvalue weighted by Gasteiger charge is 2.17. The molecule has 2 heterocycles. The number of anilines is 2. The number of benzene rings is 1. The van der Waals surface area contributed by atoms with E-state index in [4.69, 9.17) is 10.6 Å². The third-order valence-electron chi connectivity index (χ3n) is 3.07. The molecule has 7 heteroatoms. The molecule has 0 bridgehead atoms. The number of ether oxygens (including phenoxy) is 1. The normalized spacial score (nSPS) is 12.7. The van der Waals surface area contributed by atoms with Gasteiger partial charge in [-0.25, -0.2) is 10.8 Å². The molecule has 0 saturated carbocycles. The van der Waals surface area contributed by atoms with Gasteiger partial charge in [-0.1, -0.05) is 15.9 Å². The van der Waals surface area contributed by atoms with Crippen LogP contribution in [0.25, 0.3) is 0 Å². The van der Waals surface area contributed by atoms with Crippen molar-refractivity contribution in [3.63, 3.8) is 0 Å². The molecule has 0 saturated heterocycles. The second-order valence-corrected chi connectivity index (χ2v) is 5.33. The predicted octanol–water partition coefficient (Wildman–Crippen LogP) is 2.07. The number of hydrazine groups is 1. The highest BCUT2D eigenvalue weighted by molar-refractivity contribution is 9.10. The highest BCUT2D eigenvalue weighted by Crippen LogP contribution is 2.33. The summed E-state index contributed by atoms with van der Waals surface area (Å²) < 4.78 is 6.75. The van der Waals surface area contributed by atoms with Crippen LogP contribution in [0.5, 0.6) is 5.75 Å². The summed E-state index contributed by atoms with van der Waals surface area (Å²) in [4.78, 5) is 8.18. The lowest BCUT2D eigenvalue weighted by Crippen LogP contribution is -2.11. The smallest absolute Gasteiger partial charge is 0.239 e. The number of nitrogen functional groups attached to an aromatic ring is 1. The first-order chi connectivity index (χ1) is 9.76. The Hall–Kier alpha value is -1.86. The molecule has 2 aromatic rings. The molecule has 1 aliphatic heterocycles. The predicted molar refractivity (Wildman–Crippen MR) is 80.5 cm³/mol. The van der Waals surface area contributed by atoms with Gasteiger partial charge < -0.3 is 10.1 Å². The van der Waals surface area contributed by atoms with Crippen LogP contribution >= 0.6 is 15.9 Å². The number of rotatable bonds is 4. The van der Waals surface area contributed by atoms with Gasteiger partial charge in [-0.3, -0.25) is 5.43 Å². The van der Waals surface area contributed by atoms with Crippen LogP contribution in [0.1, 0.15) is 11.1 Å². The summed E-state index contributed by atoms with van der Waals surface area (Å²) in [5.74, 6) is 7.36. The number of fused-ring (bicyclic) bond motifs is 1. The molecule has 0 fully saturated rings. The zero-order valence-electron chi connectivity index (χ0n) is 10.7. The van der Waals surface area contributed by atoms with Gasteiger partial charge in [-0.2, -0.15) is 4.98 Å². The van der Waals surface area contributed by atoms with Gasteiger partial charge in [0.1, 0.15) is 11.6 Å². The van der Waals surface area contributed by atoms with Crippen molar-refractivity contribution in [2.75, 3.05) is 17.3 Å². The number of hydrogen-bond acceptors (Lipinski definition) is 6.